The van der Waals surface area contributed by atoms with Gasteiger partial charge in [0.1, 0.15) is 0 Å². The van der Waals surface area contributed by atoms with Gasteiger partial charge in [-0.3, -0.25) is 0 Å². The van der Waals surface area contributed by atoms with Gasteiger partial charge in [-0.2, -0.15) is 13.2 Å². The molecule has 0 atom stereocenters. The third-order valence-electron chi connectivity index (χ3n) is 1.85. The first-order valence-corrected chi connectivity index (χ1v) is 5.63. The summed E-state index contributed by atoms with van der Waals surface area (Å²) in [5, 5.41) is 3.90. The van der Waals surface area contributed by atoms with Crippen molar-refractivity contribution in [3.05, 3.63) is 29.8 Å². The molecule has 5 heteroatoms. The Hall–Kier alpha value is -0.710. The molecular weight excluding hydrogens is 271 g/mol. The van der Waals surface area contributed by atoms with Gasteiger partial charge in [-0.15, -0.1) is 0 Å². The summed E-state index contributed by atoms with van der Waals surface area (Å²) in [6.07, 6.45) is -3.32. The third-order valence-corrected chi connectivity index (χ3v) is 2.41. The molecule has 0 aliphatic heterocycles. The van der Waals surface area contributed by atoms with Crippen LogP contribution in [0.1, 0.15) is 12.0 Å². The highest BCUT2D eigenvalue weighted by molar-refractivity contribution is 9.09. The summed E-state index contributed by atoms with van der Waals surface area (Å²) in [5.41, 5.74) is 0.0949. The second-order valence-corrected chi connectivity index (χ2v) is 3.84. The number of nitrogens with one attached hydrogen (secondary N) is 1. The quantitative estimate of drug-likeness (QED) is 0.652. The van der Waals surface area contributed by atoms with Crippen molar-refractivity contribution in [2.45, 2.75) is 12.6 Å². The van der Waals surface area contributed by atoms with Gasteiger partial charge in [-0.25, -0.2) is 0 Å². The van der Waals surface area contributed by atoms with Gasteiger partial charge in [-0.1, -0.05) is 15.9 Å². The van der Waals surface area contributed by atoms with Gasteiger partial charge in [0.2, 0.25) is 0 Å². The molecule has 0 aliphatic carbocycles. The second kappa shape index (κ2) is 5.39. The van der Waals surface area contributed by atoms with E-state index in [1.165, 1.54) is 12.1 Å². The number of benzene rings is 1. The van der Waals surface area contributed by atoms with Crippen LogP contribution in [0.4, 0.5) is 18.9 Å². The van der Waals surface area contributed by atoms with E-state index in [4.69, 9.17) is 0 Å². The van der Waals surface area contributed by atoms with E-state index < -0.39 is 11.7 Å². The molecule has 84 valence electrons. The zero-order valence-electron chi connectivity index (χ0n) is 7.94. The topological polar surface area (TPSA) is 12.0 Å². The van der Waals surface area contributed by atoms with Crippen molar-refractivity contribution in [2.75, 3.05) is 17.2 Å². The molecule has 0 bridgehead atoms. The molecule has 0 saturated carbocycles. The first-order chi connectivity index (χ1) is 7.04. The fourth-order valence-electron chi connectivity index (χ4n) is 1.08. The van der Waals surface area contributed by atoms with Crippen LogP contribution in [0.2, 0.25) is 0 Å². The lowest BCUT2D eigenvalue weighted by molar-refractivity contribution is -0.137. The summed E-state index contributed by atoms with van der Waals surface area (Å²) < 4.78 is 36.6. The molecule has 0 aliphatic rings. The maximum absolute atomic E-state index is 12.2. The standard InChI is InChI=1S/C10H11BrF3N/c11-6-1-7-15-9-4-2-8(3-5-9)10(12,13)14/h2-5,15H,1,6-7H2. The smallest absolute Gasteiger partial charge is 0.385 e. The van der Waals surface area contributed by atoms with Crippen molar-refractivity contribution in [1.82, 2.24) is 0 Å². The van der Waals surface area contributed by atoms with Crippen LogP contribution in [0.3, 0.4) is 0 Å². The van der Waals surface area contributed by atoms with E-state index in [9.17, 15) is 13.2 Å². The first kappa shape index (κ1) is 12.4. The minimum absolute atomic E-state index is 0.617. The fourth-order valence-corrected chi connectivity index (χ4v) is 1.36. The molecular formula is C10H11BrF3N. The number of hydrogen-bond donors (Lipinski definition) is 1. The predicted molar refractivity (Wildman–Crippen MR) is 58.3 cm³/mol. The lowest BCUT2D eigenvalue weighted by atomic mass is 10.2. The van der Waals surface area contributed by atoms with E-state index in [0.717, 1.165) is 30.4 Å². The molecule has 1 nitrogen and oxygen atoms in total. The van der Waals surface area contributed by atoms with Gasteiger partial charge in [0, 0.05) is 17.6 Å². The Balaban J connectivity index is 2.57. The molecule has 0 unspecified atom stereocenters. The number of alkyl halides is 4. The van der Waals surface area contributed by atoms with E-state index in [1.54, 1.807) is 0 Å². The van der Waals surface area contributed by atoms with Crippen LogP contribution < -0.4 is 5.32 Å². The zero-order valence-corrected chi connectivity index (χ0v) is 9.53. The van der Waals surface area contributed by atoms with E-state index >= 15 is 0 Å². The number of anilines is 1. The fraction of sp³-hybridized carbons (Fsp3) is 0.400. The van der Waals surface area contributed by atoms with Crippen LogP contribution in [-0.2, 0) is 6.18 Å². The Bertz CT molecular complexity index is 295. The summed E-state index contributed by atoms with van der Waals surface area (Å²) in [7, 11) is 0. The van der Waals surface area contributed by atoms with Crippen LogP contribution in [0.15, 0.2) is 24.3 Å². The maximum Gasteiger partial charge on any atom is 0.416 e. The Kier molecular flexibility index (Phi) is 4.45. The van der Waals surface area contributed by atoms with Crippen molar-refractivity contribution >= 4 is 21.6 Å². The van der Waals surface area contributed by atoms with Crippen molar-refractivity contribution in [2.24, 2.45) is 0 Å². The van der Waals surface area contributed by atoms with Crippen LogP contribution in [0.5, 0.6) is 0 Å². The Morgan fingerprint density at radius 1 is 1.13 bits per heavy atom. The van der Waals surface area contributed by atoms with Crippen molar-refractivity contribution < 1.29 is 13.2 Å². The third kappa shape index (κ3) is 4.11. The lowest BCUT2D eigenvalue weighted by Crippen LogP contribution is -2.06. The van der Waals surface area contributed by atoms with Gasteiger partial charge in [0.05, 0.1) is 5.56 Å². The minimum Gasteiger partial charge on any atom is -0.385 e. The highest BCUT2D eigenvalue weighted by Crippen LogP contribution is 2.29. The molecule has 0 fully saturated rings. The molecule has 1 N–H and O–H groups in total. The highest BCUT2D eigenvalue weighted by Gasteiger charge is 2.29. The van der Waals surface area contributed by atoms with E-state index in [2.05, 4.69) is 21.2 Å². The molecule has 0 heterocycles. The number of rotatable bonds is 4. The van der Waals surface area contributed by atoms with Crippen LogP contribution in [-0.4, -0.2) is 11.9 Å². The average Bonchev–Trinajstić information content (AvgIpc) is 2.18. The van der Waals surface area contributed by atoms with Crippen molar-refractivity contribution in [1.29, 1.82) is 0 Å². The SMILES string of the molecule is FC(F)(F)c1ccc(NCCCBr)cc1. The minimum atomic E-state index is -4.26. The lowest BCUT2D eigenvalue weighted by Gasteiger charge is -2.08. The summed E-state index contributed by atoms with van der Waals surface area (Å²) >= 11 is 3.27. The van der Waals surface area contributed by atoms with Gasteiger partial charge in [0.15, 0.2) is 0 Å². The molecule has 0 radical (unpaired) electrons. The largest absolute Gasteiger partial charge is 0.416 e. The monoisotopic (exact) mass is 281 g/mol. The van der Waals surface area contributed by atoms with Crippen LogP contribution in [0.25, 0.3) is 0 Å². The summed E-state index contributed by atoms with van der Waals surface area (Å²) in [6.45, 7) is 0.747. The van der Waals surface area contributed by atoms with E-state index in [-0.39, 0.29) is 0 Å². The Morgan fingerprint density at radius 3 is 2.20 bits per heavy atom. The van der Waals surface area contributed by atoms with Gasteiger partial charge < -0.3 is 5.32 Å². The van der Waals surface area contributed by atoms with Crippen molar-refractivity contribution in [3.63, 3.8) is 0 Å². The molecule has 1 aromatic rings. The zero-order chi connectivity index (χ0) is 11.3. The van der Waals surface area contributed by atoms with Crippen molar-refractivity contribution in [3.8, 4) is 0 Å². The van der Waals surface area contributed by atoms with Gasteiger partial charge in [-0.05, 0) is 30.7 Å². The second-order valence-electron chi connectivity index (χ2n) is 3.04. The van der Waals surface area contributed by atoms with Crippen LogP contribution >= 0.6 is 15.9 Å². The molecule has 0 aromatic heterocycles. The predicted octanol–water partition coefficient (Wildman–Crippen LogP) is 3.90. The molecule has 0 spiro atoms. The molecule has 0 saturated heterocycles. The average molecular weight is 282 g/mol. The summed E-state index contributed by atoms with van der Waals surface area (Å²) in [5.74, 6) is 0. The first-order valence-electron chi connectivity index (χ1n) is 4.51. The van der Waals surface area contributed by atoms with Gasteiger partial charge >= 0.3 is 6.18 Å². The molecule has 1 aromatic carbocycles. The highest BCUT2D eigenvalue weighted by atomic mass is 79.9. The Labute approximate surface area is 94.8 Å². The summed E-state index contributed by atoms with van der Waals surface area (Å²) in [4.78, 5) is 0. The molecule has 0 amide bonds. The van der Waals surface area contributed by atoms with Gasteiger partial charge in [0.25, 0.3) is 0 Å². The normalized spacial score (nSPS) is 11.5. The number of halogens is 4. The Morgan fingerprint density at radius 2 is 1.73 bits per heavy atom. The summed E-state index contributed by atoms with van der Waals surface area (Å²) in [6, 6.07) is 5.04. The van der Waals surface area contributed by atoms with Crippen LogP contribution in [0, 0.1) is 0 Å². The molecule has 1 rings (SSSR count). The number of hydrogen-bond acceptors (Lipinski definition) is 1. The van der Waals surface area contributed by atoms with E-state index in [1.807, 2.05) is 0 Å². The maximum atomic E-state index is 12.2. The molecule has 15 heavy (non-hydrogen) atoms. The van der Waals surface area contributed by atoms with E-state index in [0.29, 0.717) is 5.69 Å².